The van der Waals surface area contributed by atoms with Crippen LogP contribution in [0.3, 0.4) is 0 Å². The average molecular weight is 406 g/mol. The molecule has 0 aliphatic carbocycles. The van der Waals surface area contributed by atoms with E-state index in [0.29, 0.717) is 13.0 Å². The lowest BCUT2D eigenvalue weighted by Gasteiger charge is -2.09. The van der Waals surface area contributed by atoms with E-state index in [1.807, 2.05) is 12.2 Å². The number of hydrogen-bond donors (Lipinski definition) is 3. The third kappa shape index (κ3) is 19.4. The Kier molecular flexibility index (Phi) is 19.8. The van der Waals surface area contributed by atoms with Gasteiger partial charge in [-0.05, 0) is 32.2 Å². The van der Waals surface area contributed by atoms with E-state index in [1.165, 1.54) is 63.9 Å². The zero-order chi connectivity index (χ0) is 21.6. The second-order valence-electron chi connectivity index (χ2n) is 7.53. The van der Waals surface area contributed by atoms with Crippen molar-refractivity contribution in [3.8, 4) is 0 Å². The Bertz CT molecular complexity index is 498. The van der Waals surface area contributed by atoms with Crippen molar-refractivity contribution in [3.05, 3.63) is 36.5 Å². The van der Waals surface area contributed by atoms with Crippen molar-refractivity contribution >= 4 is 11.8 Å². The van der Waals surface area contributed by atoms with Gasteiger partial charge in [-0.1, -0.05) is 95.1 Å². The van der Waals surface area contributed by atoms with E-state index in [0.717, 1.165) is 19.3 Å². The van der Waals surface area contributed by atoms with Gasteiger partial charge in [0.2, 0.25) is 5.91 Å². The number of allylic oxidation sites excluding steroid dienone is 5. The normalized spacial score (nSPS) is 12.9. The molecule has 2 amide bonds. The molecule has 5 N–H and O–H groups in total. The minimum atomic E-state index is -0.668. The Morgan fingerprint density at radius 3 is 2.10 bits per heavy atom. The summed E-state index contributed by atoms with van der Waals surface area (Å²) < 4.78 is 0. The van der Waals surface area contributed by atoms with Crippen molar-refractivity contribution in [2.45, 2.75) is 96.4 Å². The molecule has 0 spiro atoms. The van der Waals surface area contributed by atoms with Crippen LogP contribution in [0, 0.1) is 0 Å². The molecule has 5 heteroatoms. The smallest absolute Gasteiger partial charge is 0.250 e. The fourth-order valence-corrected chi connectivity index (χ4v) is 2.91. The standard InChI is InChI=1S/C24H43N3O2/c1-2-3-4-5-6-7-8-9-10-11-12-13-14-15-16-20-23(28)27-24(29)22(26)19-17-18-21-25/h12-16,20,22H,2-11,17-19,21,25-26H2,1H3,(H,27,28,29)/t22-/m0/s1. The molecule has 0 fully saturated rings. The predicted octanol–water partition coefficient (Wildman–Crippen LogP) is 4.68. The third-order valence-corrected chi connectivity index (χ3v) is 4.74. The first-order valence-electron chi connectivity index (χ1n) is 11.4. The second-order valence-corrected chi connectivity index (χ2v) is 7.53. The highest BCUT2D eigenvalue weighted by Gasteiger charge is 2.14. The quantitative estimate of drug-likeness (QED) is 0.175. The summed E-state index contributed by atoms with van der Waals surface area (Å²) in [7, 11) is 0. The second kappa shape index (κ2) is 21.0. The topological polar surface area (TPSA) is 98.2 Å². The average Bonchev–Trinajstić information content (AvgIpc) is 2.70. The van der Waals surface area contributed by atoms with Crippen LogP contribution in [0.5, 0.6) is 0 Å². The van der Waals surface area contributed by atoms with Gasteiger partial charge in [-0.25, -0.2) is 0 Å². The predicted molar refractivity (Wildman–Crippen MR) is 123 cm³/mol. The van der Waals surface area contributed by atoms with Crippen LogP contribution >= 0.6 is 0 Å². The highest BCUT2D eigenvalue weighted by molar-refractivity contribution is 6.02. The van der Waals surface area contributed by atoms with Crippen molar-refractivity contribution in [1.29, 1.82) is 0 Å². The minimum absolute atomic E-state index is 0.443. The lowest BCUT2D eigenvalue weighted by Crippen LogP contribution is -2.42. The van der Waals surface area contributed by atoms with Crippen molar-refractivity contribution in [1.82, 2.24) is 5.32 Å². The van der Waals surface area contributed by atoms with Gasteiger partial charge in [0.1, 0.15) is 0 Å². The molecule has 0 heterocycles. The van der Waals surface area contributed by atoms with E-state index in [9.17, 15) is 9.59 Å². The molecule has 0 saturated heterocycles. The van der Waals surface area contributed by atoms with Gasteiger partial charge in [0.05, 0.1) is 6.04 Å². The Morgan fingerprint density at radius 2 is 1.45 bits per heavy atom. The summed E-state index contributed by atoms with van der Waals surface area (Å²) in [6, 6.07) is -0.668. The number of hydrogen-bond acceptors (Lipinski definition) is 4. The molecule has 0 unspecified atom stereocenters. The largest absolute Gasteiger partial charge is 0.330 e. The maximum atomic E-state index is 11.8. The van der Waals surface area contributed by atoms with Gasteiger partial charge >= 0.3 is 0 Å². The summed E-state index contributed by atoms with van der Waals surface area (Å²) in [6.45, 7) is 2.83. The van der Waals surface area contributed by atoms with Gasteiger partial charge in [-0.3, -0.25) is 14.9 Å². The van der Waals surface area contributed by atoms with Crippen LogP contribution in [0.1, 0.15) is 90.4 Å². The van der Waals surface area contributed by atoms with Gasteiger partial charge in [-0.2, -0.15) is 0 Å². The van der Waals surface area contributed by atoms with Crippen molar-refractivity contribution in [2.75, 3.05) is 6.54 Å². The van der Waals surface area contributed by atoms with Crippen LogP contribution in [-0.2, 0) is 9.59 Å². The SMILES string of the molecule is CCCCCCCCCCCC=CC=CC=CC(=O)NC(=O)[C@@H](N)CCCCN. The Morgan fingerprint density at radius 1 is 0.828 bits per heavy atom. The van der Waals surface area contributed by atoms with E-state index in [2.05, 4.69) is 18.3 Å². The van der Waals surface area contributed by atoms with Gasteiger partial charge in [0, 0.05) is 6.08 Å². The zero-order valence-corrected chi connectivity index (χ0v) is 18.4. The van der Waals surface area contributed by atoms with Crippen LogP contribution in [0.25, 0.3) is 0 Å². The minimum Gasteiger partial charge on any atom is -0.330 e. The highest BCUT2D eigenvalue weighted by atomic mass is 16.2. The fourth-order valence-electron chi connectivity index (χ4n) is 2.91. The number of carbonyl (C=O) groups is 2. The molecule has 0 aromatic heterocycles. The maximum absolute atomic E-state index is 11.8. The zero-order valence-electron chi connectivity index (χ0n) is 18.4. The van der Waals surface area contributed by atoms with E-state index in [1.54, 1.807) is 12.2 Å². The third-order valence-electron chi connectivity index (χ3n) is 4.74. The summed E-state index contributed by atoms with van der Waals surface area (Å²) in [5.74, 6) is -0.894. The summed E-state index contributed by atoms with van der Waals surface area (Å²) in [6.07, 6.45) is 26.0. The van der Waals surface area contributed by atoms with Gasteiger partial charge in [-0.15, -0.1) is 0 Å². The van der Waals surface area contributed by atoms with Crippen LogP contribution < -0.4 is 16.8 Å². The summed E-state index contributed by atoms with van der Waals surface area (Å²) >= 11 is 0. The molecule has 0 aliphatic rings. The fraction of sp³-hybridized carbons (Fsp3) is 0.667. The molecule has 1 atom stereocenters. The van der Waals surface area contributed by atoms with Gasteiger partial charge in [0.25, 0.3) is 5.91 Å². The van der Waals surface area contributed by atoms with Crippen LogP contribution in [0.4, 0.5) is 0 Å². The van der Waals surface area contributed by atoms with Crippen LogP contribution in [0.15, 0.2) is 36.5 Å². The van der Waals surface area contributed by atoms with Crippen molar-refractivity contribution in [2.24, 2.45) is 11.5 Å². The number of unbranched alkanes of at least 4 members (excludes halogenated alkanes) is 10. The summed E-state index contributed by atoms with van der Waals surface area (Å²) in [4.78, 5) is 23.4. The Hall–Kier alpha value is -1.72. The molecular formula is C24H43N3O2. The molecule has 5 nitrogen and oxygen atoms in total. The van der Waals surface area contributed by atoms with Crippen LogP contribution in [-0.4, -0.2) is 24.4 Å². The molecule has 0 aliphatic heterocycles. The van der Waals surface area contributed by atoms with Gasteiger partial charge < -0.3 is 11.5 Å². The number of carbonyl (C=O) groups excluding carboxylic acids is 2. The molecular weight excluding hydrogens is 362 g/mol. The first-order chi connectivity index (χ1) is 14.1. The van der Waals surface area contributed by atoms with Crippen molar-refractivity contribution < 1.29 is 9.59 Å². The molecule has 0 aromatic carbocycles. The van der Waals surface area contributed by atoms with Gasteiger partial charge in [0.15, 0.2) is 0 Å². The molecule has 0 rings (SSSR count). The first kappa shape index (κ1) is 27.3. The number of rotatable bonds is 18. The maximum Gasteiger partial charge on any atom is 0.250 e. The lowest BCUT2D eigenvalue weighted by atomic mass is 10.1. The van der Waals surface area contributed by atoms with E-state index in [-0.39, 0.29) is 0 Å². The van der Waals surface area contributed by atoms with E-state index in [4.69, 9.17) is 11.5 Å². The molecule has 166 valence electrons. The van der Waals surface area contributed by atoms with Crippen molar-refractivity contribution in [3.63, 3.8) is 0 Å². The molecule has 0 aromatic rings. The number of imide groups is 1. The Labute approximate surface area is 178 Å². The monoisotopic (exact) mass is 405 g/mol. The molecule has 0 bridgehead atoms. The molecule has 0 radical (unpaired) electrons. The first-order valence-corrected chi connectivity index (χ1v) is 11.4. The molecule has 29 heavy (non-hydrogen) atoms. The number of nitrogens with two attached hydrogens (primary N) is 2. The Balaban J connectivity index is 3.70. The highest BCUT2D eigenvalue weighted by Crippen LogP contribution is 2.10. The number of nitrogens with one attached hydrogen (secondary N) is 1. The lowest BCUT2D eigenvalue weighted by molar-refractivity contribution is -0.129. The summed E-state index contributed by atoms with van der Waals surface area (Å²) in [5.41, 5.74) is 11.1. The number of amides is 2. The van der Waals surface area contributed by atoms with E-state index >= 15 is 0 Å². The van der Waals surface area contributed by atoms with Crippen LogP contribution in [0.2, 0.25) is 0 Å². The summed E-state index contributed by atoms with van der Waals surface area (Å²) in [5, 5.41) is 2.28. The molecule has 0 saturated carbocycles. The van der Waals surface area contributed by atoms with E-state index < -0.39 is 17.9 Å².